The second-order valence-corrected chi connectivity index (χ2v) is 7.13. The highest BCUT2D eigenvalue weighted by Gasteiger charge is 2.34. The Hall–Kier alpha value is -0.770. The van der Waals surface area contributed by atoms with Gasteiger partial charge in [-0.3, -0.25) is 0 Å². The van der Waals surface area contributed by atoms with Gasteiger partial charge in [0.25, 0.3) is 0 Å². The molecule has 4 nitrogen and oxygen atoms in total. The highest BCUT2D eigenvalue weighted by atomic mass is 16.3. The first-order valence-electron chi connectivity index (χ1n) is 8.20. The van der Waals surface area contributed by atoms with E-state index in [1.165, 1.54) is 32.1 Å². The number of nitrogens with one attached hydrogen (secondary N) is 1. The molecular formula is C16H30N2O2. The second kappa shape index (κ2) is 6.79. The monoisotopic (exact) mass is 282 g/mol. The fourth-order valence-corrected chi connectivity index (χ4v) is 3.38. The van der Waals surface area contributed by atoms with Crippen molar-refractivity contribution in [2.24, 2.45) is 11.3 Å². The summed E-state index contributed by atoms with van der Waals surface area (Å²) in [4.78, 5) is 14.1. The number of hydrogen-bond donors (Lipinski definition) is 2. The molecule has 0 heterocycles. The Balaban J connectivity index is 1.81. The van der Waals surface area contributed by atoms with Crippen molar-refractivity contribution in [1.29, 1.82) is 0 Å². The van der Waals surface area contributed by atoms with Gasteiger partial charge in [0, 0.05) is 19.1 Å². The molecule has 2 amide bonds. The fourth-order valence-electron chi connectivity index (χ4n) is 3.38. The molecular weight excluding hydrogens is 252 g/mol. The summed E-state index contributed by atoms with van der Waals surface area (Å²) < 4.78 is 0. The summed E-state index contributed by atoms with van der Waals surface area (Å²) in [5.74, 6) is 0.726. The van der Waals surface area contributed by atoms with E-state index in [1.807, 2.05) is 0 Å². The first kappa shape index (κ1) is 15.6. The maximum atomic E-state index is 12.2. The highest BCUT2D eigenvalue weighted by Crippen LogP contribution is 2.37. The standard InChI is InChI=1S/C16H30N2O2/c1-16(2,13-6-4-3-5-7-13)12-17-15(20)18(10-11-19)14-8-9-14/h13-14,19H,3-12H2,1-2H3,(H,17,20). The molecule has 2 aliphatic carbocycles. The molecule has 2 aliphatic rings. The van der Waals surface area contributed by atoms with Crippen LogP contribution in [-0.2, 0) is 0 Å². The SMILES string of the molecule is CC(C)(CNC(=O)N(CCO)C1CC1)C1CCCCC1. The summed E-state index contributed by atoms with van der Waals surface area (Å²) in [6.45, 7) is 5.80. The summed E-state index contributed by atoms with van der Waals surface area (Å²) in [5, 5.41) is 12.2. The zero-order valence-electron chi connectivity index (χ0n) is 13.0. The van der Waals surface area contributed by atoms with Gasteiger partial charge in [0.15, 0.2) is 0 Å². The number of rotatable bonds is 6. The van der Waals surface area contributed by atoms with E-state index in [9.17, 15) is 4.79 Å². The third kappa shape index (κ3) is 4.11. The van der Waals surface area contributed by atoms with Crippen molar-refractivity contribution in [3.05, 3.63) is 0 Å². The predicted octanol–water partition coefficient (Wildman–Crippen LogP) is 2.76. The van der Waals surface area contributed by atoms with Gasteiger partial charge in [-0.15, -0.1) is 0 Å². The van der Waals surface area contributed by atoms with Gasteiger partial charge >= 0.3 is 6.03 Å². The van der Waals surface area contributed by atoms with E-state index >= 15 is 0 Å². The lowest BCUT2D eigenvalue weighted by atomic mass is 9.71. The second-order valence-electron chi connectivity index (χ2n) is 7.13. The molecule has 0 aromatic carbocycles. The van der Waals surface area contributed by atoms with Crippen molar-refractivity contribution >= 4 is 6.03 Å². The molecule has 0 aromatic rings. The van der Waals surface area contributed by atoms with Crippen LogP contribution in [0.1, 0.15) is 58.8 Å². The number of aliphatic hydroxyl groups excluding tert-OH is 1. The summed E-state index contributed by atoms with van der Waals surface area (Å²) in [7, 11) is 0. The van der Waals surface area contributed by atoms with Crippen LogP contribution in [0.25, 0.3) is 0 Å². The van der Waals surface area contributed by atoms with Gasteiger partial charge in [-0.05, 0) is 37.0 Å². The molecule has 0 radical (unpaired) electrons. The normalized spacial score (nSPS) is 20.8. The van der Waals surface area contributed by atoms with Gasteiger partial charge in [-0.25, -0.2) is 4.79 Å². The van der Waals surface area contributed by atoms with Gasteiger partial charge in [-0.1, -0.05) is 33.1 Å². The smallest absolute Gasteiger partial charge is 0.317 e. The Morgan fingerprint density at radius 3 is 2.40 bits per heavy atom. The van der Waals surface area contributed by atoms with Crippen molar-refractivity contribution in [2.75, 3.05) is 19.7 Å². The van der Waals surface area contributed by atoms with Gasteiger partial charge < -0.3 is 15.3 Å². The molecule has 0 aliphatic heterocycles. The summed E-state index contributed by atoms with van der Waals surface area (Å²) in [6, 6.07) is 0.366. The van der Waals surface area contributed by atoms with Crippen molar-refractivity contribution in [1.82, 2.24) is 10.2 Å². The van der Waals surface area contributed by atoms with Crippen LogP contribution in [0.15, 0.2) is 0 Å². The Morgan fingerprint density at radius 2 is 1.85 bits per heavy atom. The highest BCUT2D eigenvalue weighted by molar-refractivity contribution is 5.75. The third-order valence-electron chi connectivity index (χ3n) is 4.99. The Morgan fingerprint density at radius 1 is 1.20 bits per heavy atom. The van der Waals surface area contributed by atoms with Crippen molar-refractivity contribution < 1.29 is 9.90 Å². The molecule has 0 saturated heterocycles. The van der Waals surface area contributed by atoms with Crippen molar-refractivity contribution in [3.63, 3.8) is 0 Å². The maximum absolute atomic E-state index is 12.2. The minimum atomic E-state index is 0.00503. The largest absolute Gasteiger partial charge is 0.395 e. The Kier molecular flexibility index (Phi) is 5.30. The quantitative estimate of drug-likeness (QED) is 0.787. The van der Waals surface area contributed by atoms with Crippen molar-refractivity contribution in [3.8, 4) is 0 Å². The number of aliphatic hydroxyl groups is 1. The third-order valence-corrected chi connectivity index (χ3v) is 4.99. The van der Waals surface area contributed by atoms with E-state index in [4.69, 9.17) is 5.11 Å². The number of hydrogen-bond acceptors (Lipinski definition) is 2. The van der Waals surface area contributed by atoms with Crippen LogP contribution in [0.4, 0.5) is 4.79 Å². The first-order valence-corrected chi connectivity index (χ1v) is 8.20. The van der Waals surface area contributed by atoms with Gasteiger partial charge in [0.05, 0.1) is 6.61 Å². The van der Waals surface area contributed by atoms with Crippen LogP contribution in [0, 0.1) is 11.3 Å². The molecule has 0 spiro atoms. The zero-order chi connectivity index (χ0) is 14.6. The Labute approximate surface area is 122 Å². The molecule has 0 bridgehead atoms. The number of carbonyl (C=O) groups is 1. The van der Waals surface area contributed by atoms with Crippen LogP contribution in [-0.4, -0.2) is 41.8 Å². The minimum Gasteiger partial charge on any atom is -0.395 e. The average molecular weight is 282 g/mol. The molecule has 0 atom stereocenters. The molecule has 116 valence electrons. The molecule has 4 heteroatoms. The topological polar surface area (TPSA) is 52.6 Å². The predicted molar refractivity (Wildman–Crippen MR) is 80.6 cm³/mol. The molecule has 0 unspecified atom stereocenters. The number of urea groups is 1. The number of nitrogens with zero attached hydrogens (tertiary/aromatic N) is 1. The zero-order valence-corrected chi connectivity index (χ0v) is 13.0. The lowest BCUT2D eigenvalue weighted by Gasteiger charge is -2.37. The van der Waals surface area contributed by atoms with E-state index < -0.39 is 0 Å². The lowest BCUT2D eigenvalue weighted by Crippen LogP contribution is -2.47. The lowest BCUT2D eigenvalue weighted by molar-refractivity contribution is 0.141. The van der Waals surface area contributed by atoms with Crippen LogP contribution >= 0.6 is 0 Å². The minimum absolute atomic E-state index is 0.00503. The molecule has 2 N–H and O–H groups in total. The van der Waals surface area contributed by atoms with E-state index in [0.29, 0.717) is 12.6 Å². The average Bonchev–Trinajstić information content (AvgIpc) is 3.28. The van der Waals surface area contributed by atoms with Crippen molar-refractivity contribution in [2.45, 2.75) is 64.8 Å². The molecule has 0 aromatic heterocycles. The van der Waals surface area contributed by atoms with Crippen LogP contribution < -0.4 is 5.32 Å². The van der Waals surface area contributed by atoms with E-state index in [1.54, 1.807) is 4.90 Å². The van der Waals surface area contributed by atoms with Gasteiger partial charge in [0.1, 0.15) is 0 Å². The molecule has 2 rings (SSSR count). The van der Waals surface area contributed by atoms with Crippen LogP contribution in [0.3, 0.4) is 0 Å². The van der Waals surface area contributed by atoms with Gasteiger partial charge in [-0.2, -0.15) is 0 Å². The van der Waals surface area contributed by atoms with E-state index in [2.05, 4.69) is 19.2 Å². The molecule has 2 saturated carbocycles. The van der Waals surface area contributed by atoms with Crippen LogP contribution in [0.5, 0.6) is 0 Å². The summed E-state index contributed by atoms with van der Waals surface area (Å²) in [6.07, 6.45) is 8.79. The summed E-state index contributed by atoms with van der Waals surface area (Å²) >= 11 is 0. The fraction of sp³-hybridized carbons (Fsp3) is 0.938. The summed E-state index contributed by atoms with van der Waals surface area (Å²) in [5.41, 5.74) is 0.171. The van der Waals surface area contributed by atoms with E-state index in [-0.39, 0.29) is 18.1 Å². The molecule has 20 heavy (non-hydrogen) atoms. The maximum Gasteiger partial charge on any atom is 0.317 e. The Bertz CT molecular complexity index is 320. The van der Waals surface area contributed by atoms with Crippen LogP contribution in [0.2, 0.25) is 0 Å². The number of amides is 2. The molecule has 2 fully saturated rings. The van der Waals surface area contributed by atoms with E-state index in [0.717, 1.165) is 25.3 Å². The number of carbonyl (C=O) groups excluding carboxylic acids is 1. The van der Waals surface area contributed by atoms with Gasteiger partial charge in [0.2, 0.25) is 0 Å². The first-order chi connectivity index (χ1) is 9.54.